The predicted octanol–water partition coefficient (Wildman–Crippen LogP) is 2.33. The van der Waals surface area contributed by atoms with Gasteiger partial charge in [-0.3, -0.25) is 0 Å². The Morgan fingerprint density at radius 2 is 2.18 bits per heavy atom. The fourth-order valence-electron chi connectivity index (χ4n) is 2.47. The Balaban J connectivity index is 2.09. The number of halogens is 2. The SMILES string of the molecule is CC(C)(C)OC(=O)N1CCC(N)C(c2cnn(C(F)F)c2)C1. The largest absolute Gasteiger partial charge is 0.444 e. The molecule has 1 saturated heterocycles. The summed E-state index contributed by atoms with van der Waals surface area (Å²) in [6.45, 7) is 3.54. The Morgan fingerprint density at radius 1 is 1.50 bits per heavy atom. The van der Waals surface area contributed by atoms with E-state index >= 15 is 0 Å². The first kappa shape index (κ1) is 16.7. The van der Waals surface area contributed by atoms with Gasteiger partial charge in [-0.1, -0.05) is 0 Å². The van der Waals surface area contributed by atoms with Gasteiger partial charge in [-0.15, -0.1) is 0 Å². The van der Waals surface area contributed by atoms with Crippen LogP contribution in [0.5, 0.6) is 0 Å². The summed E-state index contributed by atoms with van der Waals surface area (Å²) in [5.74, 6) is -0.228. The van der Waals surface area contributed by atoms with Crippen molar-refractivity contribution >= 4 is 6.09 Å². The number of rotatable bonds is 2. The van der Waals surface area contributed by atoms with Crippen molar-refractivity contribution in [1.29, 1.82) is 0 Å². The number of nitrogens with zero attached hydrogens (tertiary/aromatic N) is 3. The molecule has 0 bridgehead atoms. The second-order valence-corrected chi connectivity index (χ2v) is 6.52. The molecule has 2 N–H and O–H groups in total. The van der Waals surface area contributed by atoms with Crippen LogP contribution in [0, 0.1) is 0 Å². The highest BCUT2D eigenvalue weighted by molar-refractivity contribution is 5.68. The third-order valence-electron chi connectivity index (χ3n) is 3.57. The minimum Gasteiger partial charge on any atom is -0.444 e. The second-order valence-electron chi connectivity index (χ2n) is 6.52. The summed E-state index contributed by atoms with van der Waals surface area (Å²) in [5, 5.41) is 3.63. The molecule has 1 aliphatic rings. The lowest BCUT2D eigenvalue weighted by Crippen LogP contribution is -2.49. The van der Waals surface area contributed by atoms with Crippen LogP contribution in [0.3, 0.4) is 0 Å². The van der Waals surface area contributed by atoms with Gasteiger partial charge < -0.3 is 15.4 Å². The van der Waals surface area contributed by atoms with Gasteiger partial charge in [-0.25, -0.2) is 9.48 Å². The third-order valence-corrected chi connectivity index (χ3v) is 3.57. The highest BCUT2D eigenvalue weighted by atomic mass is 19.3. The number of carbonyl (C=O) groups is 1. The molecule has 6 nitrogen and oxygen atoms in total. The number of carbonyl (C=O) groups excluding carboxylic acids is 1. The van der Waals surface area contributed by atoms with E-state index in [-0.39, 0.29) is 12.0 Å². The summed E-state index contributed by atoms with van der Waals surface area (Å²) in [6, 6.07) is -0.200. The summed E-state index contributed by atoms with van der Waals surface area (Å²) in [7, 11) is 0. The van der Waals surface area contributed by atoms with Crippen LogP contribution in [0.1, 0.15) is 45.2 Å². The van der Waals surface area contributed by atoms with Crippen molar-refractivity contribution < 1.29 is 18.3 Å². The lowest BCUT2D eigenvalue weighted by molar-refractivity contribution is 0.0185. The van der Waals surface area contributed by atoms with Gasteiger partial charge in [0, 0.05) is 31.2 Å². The Bertz CT molecular complexity index is 527. The normalized spacial score (nSPS) is 23.0. The van der Waals surface area contributed by atoms with Crippen molar-refractivity contribution in [1.82, 2.24) is 14.7 Å². The molecule has 8 heteroatoms. The Labute approximate surface area is 128 Å². The molecule has 2 unspecified atom stereocenters. The van der Waals surface area contributed by atoms with Crippen LogP contribution in [-0.2, 0) is 4.74 Å². The quantitative estimate of drug-likeness (QED) is 0.909. The molecule has 1 fully saturated rings. The van der Waals surface area contributed by atoms with Gasteiger partial charge >= 0.3 is 12.6 Å². The van der Waals surface area contributed by atoms with E-state index in [9.17, 15) is 13.6 Å². The molecule has 2 rings (SSSR count). The van der Waals surface area contributed by atoms with Crippen LogP contribution in [0.2, 0.25) is 0 Å². The number of alkyl halides is 2. The van der Waals surface area contributed by atoms with Crippen molar-refractivity contribution in [2.75, 3.05) is 13.1 Å². The van der Waals surface area contributed by atoms with Crippen molar-refractivity contribution in [3.63, 3.8) is 0 Å². The van der Waals surface area contributed by atoms with Crippen LogP contribution < -0.4 is 5.73 Å². The van der Waals surface area contributed by atoms with Gasteiger partial charge in [0.2, 0.25) is 0 Å². The summed E-state index contributed by atoms with van der Waals surface area (Å²) >= 11 is 0. The zero-order chi connectivity index (χ0) is 16.5. The molecule has 2 heterocycles. The number of hydrogen-bond donors (Lipinski definition) is 1. The summed E-state index contributed by atoms with van der Waals surface area (Å²) in [6.07, 6.45) is 2.85. The van der Waals surface area contributed by atoms with Gasteiger partial charge in [-0.2, -0.15) is 13.9 Å². The first-order valence-electron chi connectivity index (χ1n) is 7.23. The standard InChI is InChI=1S/C14H22F2N4O2/c1-14(2,3)22-13(21)19-5-4-11(17)10(8-19)9-6-18-20(7-9)12(15)16/h6-7,10-12H,4-5,8,17H2,1-3H3. The average Bonchev–Trinajstić information content (AvgIpc) is 2.86. The van der Waals surface area contributed by atoms with E-state index in [0.717, 1.165) is 0 Å². The number of aromatic nitrogens is 2. The Hall–Kier alpha value is -1.70. The molecule has 0 saturated carbocycles. The molecule has 0 aliphatic carbocycles. The van der Waals surface area contributed by atoms with Crippen molar-refractivity contribution in [3.8, 4) is 0 Å². The van der Waals surface area contributed by atoms with Gasteiger partial charge in [0.1, 0.15) is 5.60 Å². The highest BCUT2D eigenvalue weighted by Crippen LogP contribution is 2.27. The van der Waals surface area contributed by atoms with E-state index < -0.39 is 18.2 Å². The lowest BCUT2D eigenvalue weighted by atomic mass is 9.88. The highest BCUT2D eigenvalue weighted by Gasteiger charge is 2.33. The van der Waals surface area contributed by atoms with Crippen molar-refractivity contribution in [2.24, 2.45) is 5.73 Å². The van der Waals surface area contributed by atoms with Crippen LogP contribution in [0.25, 0.3) is 0 Å². The van der Waals surface area contributed by atoms with Crippen molar-refractivity contribution in [2.45, 2.75) is 51.3 Å². The molecule has 0 spiro atoms. The number of nitrogens with two attached hydrogens (primary N) is 1. The molecular formula is C14H22F2N4O2. The van der Waals surface area contributed by atoms with Gasteiger partial charge in [0.15, 0.2) is 0 Å². The first-order valence-corrected chi connectivity index (χ1v) is 7.23. The molecule has 1 aromatic heterocycles. The van der Waals surface area contributed by atoms with Crippen LogP contribution >= 0.6 is 0 Å². The maximum Gasteiger partial charge on any atom is 0.410 e. The van der Waals surface area contributed by atoms with Gasteiger partial charge in [-0.05, 0) is 32.8 Å². The van der Waals surface area contributed by atoms with E-state index in [2.05, 4.69) is 5.10 Å². The molecule has 2 atom stereocenters. The van der Waals surface area contributed by atoms with Gasteiger partial charge in [0.25, 0.3) is 0 Å². The number of ether oxygens (including phenoxy) is 1. The summed E-state index contributed by atoms with van der Waals surface area (Å²) in [5.41, 5.74) is 6.12. The van der Waals surface area contributed by atoms with Crippen LogP contribution in [0.4, 0.5) is 13.6 Å². The fraction of sp³-hybridized carbons (Fsp3) is 0.714. The third kappa shape index (κ3) is 3.94. The Kier molecular flexibility index (Phi) is 4.69. The second kappa shape index (κ2) is 6.20. The number of likely N-dealkylation sites (tertiary alicyclic amines) is 1. The molecule has 1 aliphatic heterocycles. The maximum absolute atomic E-state index is 12.6. The summed E-state index contributed by atoms with van der Waals surface area (Å²) in [4.78, 5) is 13.7. The fourth-order valence-corrected chi connectivity index (χ4v) is 2.47. The monoisotopic (exact) mass is 316 g/mol. The predicted molar refractivity (Wildman–Crippen MR) is 76.6 cm³/mol. The van der Waals surface area contributed by atoms with E-state index in [1.807, 2.05) is 0 Å². The molecule has 124 valence electrons. The minimum atomic E-state index is -2.68. The van der Waals surface area contributed by atoms with E-state index in [1.54, 1.807) is 25.7 Å². The number of amides is 1. The lowest BCUT2D eigenvalue weighted by Gasteiger charge is -2.37. The smallest absolute Gasteiger partial charge is 0.410 e. The molecule has 22 heavy (non-hydrogen) atoms. The average molecular weight is 316 g/mol. The Morgan fingerprint density at radius 3 is 2.73 bits per heavy atom. The van der Waals surface area contributed by atoms with Gasteiger partial charge in [0.05, 0.1) is 6.20 Å². The maximum atomic E-state index is 12.6. The molecule has 1 aromatic rings. The molecule has 1 amide bonds. The topological polar surface area (TPSA) is 73.4 Å². The zero-order valence-electron chi connectivity index (χ0n) is 13.0. The van der Waals surface area contributed by atoms with Crippen LogP contribution in [0.15, 0.2) is 12.4 Å². The first-order chi connectivity index (χ1) is 10.2. The van der Waals surface area contributed by atoms with Crippen molar-refractivity contribution in [3.05, 3.63) is 18.0 Å². The zero-order valence-corrected chi connectivity index (χ0v) is 13.0. The van der Waals surface area contributed by atoms with E-state index in [0.29, 0.717) is 29.8 Å². The molecule has 0 aromatic carbocycles. The molecular weight excluding hydrogens is 294 g/mol. The summed E-state index contributed by atoms with van der Waals surface area (Å²) < 4.78 is 31.2. The van der Waals surface area contributed by atoms with Crippen LogP contribution in [-0.4, -0.2) is 45.5 Å². The number of piperidine rings is 1. The van der Waals surface area contributed by atoms with E-state index in [1.165, 1.54) is 12.4 Å². The number of hydrogen-bond acceptors (Lipinski definition) is 4. The molecule has 0 radical (unpaired) electrons. The van der Waals surface area contributed by atoms with E-state index in [4.69, 9.17) is 10.5 Å². The minimum absolute atomic E-state index is 0.200.